The normalized spacial score (nSPS) is 24.2. The van der Waals surface area contributed by atoms with Gasteiger partial charge in [-0.05, 0) is 37.3 Å². The maximum Gasteiger partial charge on any atom is 0.0236 e. The van der Waals surface area contributed by atoms with Crippen molar-refractivity contribution < 1.29 is 0 Å². The van der Waals surface area contributed by atoms with Crippen molar-refractivity contribution in [3.05, 3.63) is 34.9 Å². The van der Waals surface area contributed by atoms with E-state index in [1.807, 2.05) is 0 Å². The highest BCUT2D eigenvalue weighted by Gasteiger charge is 2.21. The van der Waals surface area contributed by atoms with E-state index in [1.54, 1.807) is 5.56 Å². The molecule has 2 heteroatoms. The van der Waals surface area contributed by atoms with Crippen molar-refractivity contribution >= 4 is 0 Å². The van der Waals surface area contributed by atoms with Crippen molar-refractivity contribution in [2.75, 3.05) is 6.54 Å². The van der Waals surface area contributed by atoms with Gasteiger partial charge in [-0.1, -0.05) is 30.2 Å². The highest BCUT2D eigenvalue weighted by Crippen LogP contribution is 2.20. The lowest BCUT2D eigenvalue weighted by atomic mass is 9.91. The number of fused-ring (bicyclic) bond motifs is 1. The van der Waals surface area contributed by atoms with Crippen LogP contribution in [0, 0.1) is 6.92 Å². The van der Waals surface area contributed by atoms with Crippen molar-refractivity contribution in [3.63, 3.8) is 0 Å². The minimum absolute atomic E-state index is 0.616. The molecule has 1 saturated carbocycles. The van der Waals surface area contributed by atoms with Crippen LogP contribution in [0.1, 0.15) is 36.0 Å². The number of rotatable bonds is 3. The Morgan fingerprint density at radius 1 is 1.29 bits per heavy atom. The number of nitrogens with one attached hydrogen (secondary N) is 2. The van der Waals surface area contributed by atoms with Crippen LogP contribution >= 0.6 is 0 Å². The second-order valence-corrected chi connectivity index (χ2v) is 5.59. The molecule has 92 valence electrons. The van der Waals surface area contributed by atoms with Gasteiger partial charge in [0, 0.05) is 25.2 Å². The fraction of sp³-hybridized carbons (Fsp3) is 0.600. The lowest BCUT2D eigenvalue weighted by Crippen LogP contribution is -2.47. The smallest absolute Gasteiger partial charge is 0.0236 e. The minimum Gasteiger partial charge on any atom is -0.312 e. The van der Waals surface area contributed by atoms with Crippen LogP contribution < -0.4 is 10.6 Å². The van der Waals surface area contributed by atoms with E-state index in [-0.39, 0.29) is 0 Å². The summed E-state index contributed by atoms with van der Waals surface area (Å²) in [6.07, 6.45) is 5.35. The SMILES string of the molecule is Cc1ccc2c(c1)CC(CNC1CCC1)NC2. The largest absolute Gasteiger partial charge is 0.312 e. The summed E-state index contributed by atoms with van der Waals surface area (Å²) in [5, 5.41) is 7.31. The summed E-state index contributed by atoms with van der Waals surface area (Å²) in [5.74, 6) is 0. The van der Waals surface area contributed by atoms with Gasteiger partial charge in [0.25, 0.3) is 0 Å². The van der Waals surface area contributed by atoms with E-state index in [0.29, 0.717) is 6.04 Å². The fourth-order valence-corrected chi connectivity index (χ4v) is 2.77. The molecular formula is C15H22N2. The standard InChI is InChI=1S/C15H22N2/c1-11-5-6-12-9-16-15(8-13(12)7-11)10-17-14-3-2-4-14/h5-7,14-17H,2-4,8-10H2,1H3. The third kappa shape index (κ3) is 2.53. The Balaban J connectivity index is 1.59. The number of benzene rings is 1. The van der Waals surface area contributed by atoms with Gasteiger partial charge in [-0.3, -0.25) is 0 Å². The van der Waals surface area contributed by atoms with E-state index in [4.69, 9.17) is 0 Å². The maximum atomic E-state index is 3.67. The van der Waals surface area contributed by atoms with E-state index < -0.39 is 0 Å². The first-order chi connectivity index (χ1) is 8.31. The van der Waals surface area contributed by atoms with Crippen molar-refractivity contribution in [1.82, 2.24) is 10.6 Å². The van der Waals surface area contributed by atoms with E-state index >= 15 is 0 Å². The summed E-state index contributed by atoms with van der Waals surface area (Å²) in [5.41, 5.74) is 4.41. The molecular weight excluding hydrogens is 208 g/mol. The molecule has 0 amide bonds. The first-order valence-electron chi connectivity index (χ1n) is 6.86. The van der Waals surface area contributed by atoms with Crippen molar-refractivity contribution in [1.29, 1.82) is 0 Å². The van der Waals surface area contributed by atoms with Gasteiger partial charge in [0.15, 0.2) is 0 Å². The maximum absolute atomic E-state index is 3.67. The lowest BCUT2D eigenvalue weighted by molar-refractivity contribution is 0.316. The second kappa shape index (κ2) is 4.79. The third-order valence-electron chi connectivity index (χ3n) is 4.17. The first-order valence-corrected chi connectivity index (χ1v) is 6.86. The van der Waals surface area contributed by atoms with Crippen LogP contribution in [0.15, 0.2) is 18.2 Å². The quantitative estimate of drug-likeness (QED) is 0.831. The lowest BCUT2D eigenvalue weighted by Gasteiger charge is -2.31. The fourth-order valence-electron chi connectivity index (χ4n) is 2.77. The monoisotopic (exact) mass is 230 g/mol. The first kappa shape index (κ1) is 11.2. The zero-order chi connectivity index (χ0) is 11.7. The summed E-state index contributed by atoms with van der Waals surface area (Å²) in [7, 11) is 0. The molecule has 1 aromatic rings. The van der Waals surface area contributed by atoms with E-state index in [2.05, 4.69) is 35.8 Å². The Bertz CT molecular complexity index is 396. The zero-order valence-corrected chi connectivity index (χ0v) is 10.6. The molecule has 1 heterocycles. The third-order valence-corrected chi connectivity index (χ3v) is 4.17. The Kier molecular flexibility index (Phi) is 3.17. The summed E-state index contributed by atoms with van der Waals surface area (Å²) in [6, 6.07) is 8.26. The average molecular weight is 230 g/mol. The number of aryl methyl sites for hydroxylation is 1. The molecule has 1 unspecified atom stereocenters. The van der Waals surface area contributed by atoms with Crippen LogP contribution in [0.3, 0.4) is 0 Å². The van der Waals surface area contributed by atoms with Gasteiger partial charge in [-0.25, -0.2) is 0 Å². The van der Waals surface area contributed by atoms with Crippen molar-refractivity contribution in [2.24, 2.45) is 0 Å². The van der Waals surface area contributed by atoms with Crippen LogP contribution in [0.25, 0.3) is 0 Å². The average Bonchev–Trinajstić information content (AvgIpc) is 2.26. The second-order valence-electron chi connectivity index (χ2n) is 5.59. The van der Waals surface area contributed by atoms with Crippen LogP contribution in [0.5, 0.6) is 0 Å². The van der Waals surface area contributed by atoms with Crippen LogP contribution in [0.2, 0.25) is 0 Å². The molecule has 3 rings (SSSR count). The molecule has 1 aliphatic carbocycles. The topological polar surface area (TPSA) is 24.1 Å². The minimum atomic E-state index is 0.616. The van der Waals surface area contributed by atoms with Gasteiger partial charge >= 0.3 is 0 Å². The predicted molar refractivity (Wildman–Crippen MR) is 71.2 cm³/mol. The van der Waals surface area contributed by atoms with Crippen LogP contribution in [-0.4, -0.2) is 18.6 Å². The van der Waals surface area contributed by atoms with Crippen molar-refractivity contribution in [3.8, 4) is 0 Å². The van der Waals surface area contributed by atoms with Crippen LogP contribution in [-0.2, 0) is 13.0 Å². The molecule has 2 N–H and O–H groups in total. The molecule has 0 bridgehead atoms. The number of hydrogen-bond donors (Lipinski definition) is 2. The van der Waals surface area contributed by atoms with E-state index in [0.717, 1.165) is 19.1 Å². The van der Waals surface area contributed by atoms with E-state index in [1.165, 1.54) is 36.8 Å². The molecule has 1 aliphatic heterocycles. The molecule has 0 aromatic heterocycles. The Morgan fingerprint density at radius 3 is 2.94 bits per heavy atom. The molecule has 2 nitrogen and oxygen atoms in total. The molecule has 0 spiro atoms. The molecule has 1 fully saturated rings. The molecule has 1 atom stereocenters. The Labute approximate surface area is 104 Å². The van der Waals surface area contributed by atoms with Crippen molar-refractivity contribution in [2.45, 2.75) is 51.2 Å². The summed E-state index contributed by atoms with van der Waals surface area (Å²) < 4.78 is 0. The molecule has 17 heavy (non-hydrogen) atoms. The molecule has 0 radical (unpaired) electrons. The van der Waals surface area contributed by atoms with Gasteiger partial charge in [0.2, 0.25) is 0 Å². The molecule has 1 aromatic carbocycles. The van der Waals surface area contributed by atoms with Gasteiger partial charge in [-0.2, -0.15) is 0 Å². The van der Waals surface area contributed by atoms with Gasteiger partial charge < -0.3 is 10.6 Å². The Hall–Kier alpha value is -0.860. The highest BCUT2D eigenvalue weighted by molar-refractivity contribution is 5.33. The molecule has 2 aliphatic rings. The van der Waals surface area contributed by atoms with E-state index in [9.17, 15) is 0 Å². The Morgan fingerprint density at radius 2 is 2.18 bits per heavy atom. The predicted octanol–water partition coefficient (Wildman–Crippen LogP) is 2.15. The highest BCUT2D eigenvalue weighted by atomic mass is 15.0. The zero-order valence-electron chi connectivity index (χ0n) is 10.6. The summed E-state index contributed by atoms with van der Waals surface area (Å²) in [4.78, 5) is 0. The molecule has 0 saturated heterocycles. The van der Waals surface area contributed by atoms with Gasteiger partial charge in [0.05, 0.1) is 0 Å². The number of hydrogen-bond acceptors (Lipinski definition) is 2. The van der Waals surface area contributed by atoms with Crippen LogP contribution in [0.4, 0.5) is 0 Å². The summed E-state index contributed by atoms with van der Waals surface area (Å²) in [6.45, 7) is 4.34. The summed E-state index contributed by atoms with van der Waals surface area (Å²) >= 11 is 0. The van der Waals surface area contributed by atoms with Gasteiger partial charge in [0.1, 0.15) is 0 Å². The van der Waals surface area contributed by atoms with Gasteiger partial charge in [-0.15, -0.1) is 0 Å².